The summed E-state index contributed by atoms with van der Waals surface area (Å²) in [5, 5.41) is 2.92. The molecule has 0 unspecified atom stereocenters. The Morgan fingerprint density at radius 3 is 2.29 bits per heavy atom. The minimum atomic E-state index is -0.643. The van der Waals surface area contributed by atoms with Crippen molar-refractivity contribution in [3.05, 3.63) is 12.2 Å². The van der Waals surface area contributed by atoms with Crippen molar-refractivity contribution < 1.29 is 19.2 Å². The number of hydroxylamine groups is 2. The van der Waals surface area contributed by atoms with E-state index in [9.17, 15) is 14.4 Å². The van der Waals surface area contributed by atoms with Crippen molar-refractivity contribution in [2.45, 2.75) is 6.92 Å². The van der Waals surface area contributed by atoms with Gasteiger partial charge in [-0.25, -0.2) is 5.06 Å². The standard InChI is InChI=1S/C8H12N2O4/c1-6(11)9-7(12)4-5-8(13)10(2)14-3/h4-5H,1-3H3,(H,9,11,12)/b5-4+. The van der Waals surface area contributed by atoms with Crippen LogP contribution < -0.4 is 5.32 Å². The first-order valence-electron chi connectivity index (χ1n) is 3.78. The molecule has 3 amide bonds. The molecule has 0 aliphatic carbocycles. The lowest BCUT2D eigenvalue weighted by atomic mass is 10.4. The van der Waals surface area contributed by atoms with Gasteiger partial charge >= 0.3 is 0 Å². The van der Waals surface area contributed by atoms with Gasteiger partial charge in [-0.05, 0) is 0 Å². The number of carbonyl (C=O) groups is 3. The van der Waals surface area contributed by atoms with Crippen LogP contribution in [0.15, 0.2) is 12.2 Å². The molecule has 78 valence electrons. The number of nitrogens with zero attached hydrogens (tertiary/aromatic N) is 1. The predicted molar refractivity (Wildman–Crippen MR) is 47.7 cm³/mol. The molecule has 0 fully saturated rings. The third-order valence-electron chi connectivity index (χ3n) is 1.26. The summed E-state index contributed by atoms with van der Waals surface area (Å²) in [7, 11) is 2.72. The lowest BCUT2D eigenvalue weighted by Gasteiger charge is -2.09. The summed E-state index contributed by atoms with van der Waals surface area (Å²) in [6.45, 7) is 1.20. The zero-order valence-corrected chi connectivity index (χ0v) is 8.23. The molecule has 6 heteroatoms. The van der Waals surface area contributed by atoms with E-state index >= 15 is 0 Å². The second-order valence-electron chi connectivity index (χ2n) is 2.40. The number of likely N-dealkylation sites (N-methyl/N-ethyl adjacent to an activating group) is 1. The van der Waals surface area contributed by atoms with Gasteiger partial charge in [0.05, 0.1) is 7.11 Å². The second-order valence-corrected chi connectivity index (χ2v) is 2.40. The van der Waals surface area contributed by atoms with E-state index in [2.05, 4.69) is 4.84 Å². The summed E-state index contributed by atoms with van der Waals surface area (Å²) in [5.41, 5.74) is 0. The van der Waals surface area contributed by atoms with Gasteiger partial charge in [-0.1, -0.05) is 0 Å². The number of imide groups is 1. The molecule has 0 saturated heterocycles. The van der Waals surface area contributed by atoms with E-state index in [-0.39, 0.29) is 0 Å². The molecule has 0 aromatic heterocycles. The summed E-state index contributed by atoms with van der Waals surface area (Å²) in [6, 6.07) is 0. The van der Waals surface area contributed by atoms with E-state index in [1.54, 1.807) is 0 Å². The highest BCUT2D eigenvalue weighted by atomic mass is 16.7. The lowest BCUT2D eigenvalue weighted by Crippen LogP contribution is -2.27. The Labute approximate surface area is 81.5 Å². The first-order valence-corrected chi connectivity index (χ1v) is 3.78. The Hall–Kier alpha value is -1.69. The molecule has 1 N–H and O–H groups in total. The molecule has 0 heterocycles. The molecule has 0 spiro atoms. The summed E-state index contributed by atoms with van der Waals surface area (Å²) in [5.74, 6) is -1.62. The smallest absolute Gasteiger partial charge is 0.270 e. The van der Waals surface area contributed by atoms with Gasteiger partial charge in [-0.15, -0.1) is 0 Å². The van der Waals surface area contributed by atoms with Crippen LogP contribution in [-0.4, -0.2) is 36.9 Å². The number of rotatable bonds is 3. The van der Waals surface area contributed by atoms with E-state index < -0.39 is 17.7 Å². The second kappa shape index (κ2) is 5.87. The number of carbonyl (C=O) groups excluding carboxylic acids is 3. The zero-order valence-electron chi connectivity index (χ0n) is 8.23. The van der Waals surface area contributed by atoms with E-state index in [4.69, 9.17) is 0 Å². The van der Waals surface area contributed by atoms with Crippen LogP contribution in [0.5, 0.6) is 0 Å². The molecular formula is C8H12N2O4. The highest BCUT2D eigenvalue weighted by Crippen LogP contribution is 1.86. The zero-order chi connectivity index (χ0) is 11.1. The summed E-state index contributed by atoms with van der Waals surface area (Å²) in [4.78, 5) is 36.8. The van der Waals surface area contributed by atoms with Crippen molar-refractivity contribution in [2.75, 3.05) is 14.2 Å². The average Bonchev–Trinajstić information content (AvgIpc) is 2.11. The van der Waals surface area contributed by atoms with Gasteiger partial charge < -0.3 is 0 Å². The van der Waals surface area contributed by atoms with E-state index in [0.717, 1.165) is 17.2 Å². The normalized spacial score (nSPS) is 9.93. The number of nitrogens with one attached hydrogen (secondary N) is 1. The maximum absolute atomic E-state index is 11.0. The predicted octanol–water partition coefficient (Wildman–Crippen LogP) is -0.775. The van der Waals surface area contributed by atoms with Crippen molar-refractivity contribution in [1.82, 2.24) is 10.4 Å². The van der Waals surface area contributed by atoms with Gasteiger partial charge in [-0.2, -0.15) is 0 Å². The van der Waals surface area contributed by atoms with Gasteiger partial charge in [-0.3, -0.25) is 24.5 Å². The first-order chi connectivity index (χ1) is 6.47. The topological polar surface area (TPSA) is 75.7 Å². The van der Waals surface area contributed by atoms with Crippen LogP contribution in [-0.2, 0) is 19.2 Å². The van der Waals surface area contributed by atoms with Crippen molar-refractivity contribution in [3.8, 4) is 0 Å². The monoisotopic (exact) mass is 200 g/mol. The molecule has 0 aliphatic heterocycles. The molecule has 0 aromatic rings. The van der Waals surface area contributed by atoms with Crippen LogP contribution in [0.3, 0.4) is 0 Å². The highest BCUT2D eigenvalue weighted by Gasteiger charge is 2.04. The summed E-state index contributed by atoms with van der Waals surface area (Å²) >= 11 is 0. The molecule has 14 heavy (non-hydrogen) atoms. The fourth-order valence-corrected chi connectivity index (χ4v) is 0.557. The number of hydrogen-bond acceptors (Lipinski definition) is 4. The highest BCUT2D eigenvalue weighted by molar-refractivity contribution is 6.03. The van der Waals surface area contributed by atoms with Gasteiger partial charge in [0.25, 0.3) is 11.8 Å². The van der Waals surface area contributed by atoms with Crippen LogP contribution in [0.2, 0.25) is 0 Å². The molecule has 0 atom stereocenters. The van der Waals surface area contributed by atoms with Crippen LogP contribution in [0.4, 0.5) is 0 Å². The van der Waals surface area contributed by atoms with Crippen molar-refractivity contribution >= 4 is 17.7 Å². The van der Waals surface area contributed by atoms with Gasteiger partial charge in [0.15, 0.2) is 0 Å². The third-order valence-corrected chi connectivity index (χ3v) is 1.26. The molecule has 0 bridgehead atoms. The lowest BCUT2D eigenvalue weighted by molar-refractivity contribution is -0.162. The Morgan fingerprint density at radius 2 is 1.86 bits per heavy atom. The Morgan fingerprint density at radius 1 is 1.29 bits per heavy atom. The minimum Gasteiger partial charge on any atom is -0.293 e. The van der Waals surface area contributed by atoms with Gasteiger partial charge in [0, 0.05) is 26.1 Å². The van der Waals surface area contributed by atoms with E-state index in [0.29, 0.717) is 0 Å². The first kappa shape index (κ1) is 12.3. The Balaban J connectivity index is 4.10. The summed E-state index contributed by atoms with van der Waals surface area (Å²) in [6.07, 6.45) is 1.96. The number of amides is 3. The minimum absolute atomic E-state index is 0.479. The Bertz CT molecular complexity index is 273. The van der Waals surface area contributed by atoms with Crippen molar-refractivity contribution in [2.24, 2.45) is 0 Å². The van der Waals surface area contributed by atoms with E-state index in [1.807, 2.05) is 5.32 Å². The fraction of sp³-hybridized carbons (Fsp3) is 0.375. The maximum Gasteiger partial charge on any atom is 0.270 e. The third kappa shape index (κ3) is 5.04. The average molecular weight is 200 g/mol. The molecule has 0 aliphatic rings. The van der Waals surface area contributed by atoms with Crippen molar-refractivity contribution in [1.29, 1.82) is 0 Å². The maximum atomic E-state index is 11.0. The van der Waals surface area contributed by atoms with Crippen LogP contribution in [0.25, 0.3) is 0 Å². The molecule has 0 radical (unpaired) electrons. The summed E-state index contributed by atoms with van der Waals surface area (Å²) < 4.78 is 0. The largest absolute Gasteiger partial charge is 0.293 e. The van der Waals surface area contributed by atoms with Crippen LogP contribution in [0, 0.1) is 0 Å². The quantitative estimate of drug-likeness (QED) is 0.479. The molecule has 0 rings (SSSR count). The molecule has 0 saturated carbocycles. The fourth-order valence-electron chi connectivity index (χ4n) is 0.557. The Kier molecular flexibility index (Phi) is 5.16. The van der Waals surface area contributed by atoms with E-state index in [1.165, 1.54) is 21.1 Å². The SMILES string of the molecule is CON(C)C(=O)/C=C/C(=O)NC(C)=O. The van der Waals surface area contributed by atoms with Gasteiger partial charge in [0.1, 0.15) is 0 Å². The van der Waals surface area contributed by atoms with Crippen LogP contribution >= 0.6 is 0 Å². The number of hydrogen-bond donors (Lipinski definition) is 1. The molecular weight excluding hydrogens is 188 g/mol. The molecule has 6 nitrogen and oxygen atoms in total. The molecule has 0 aromatic carbocycles. The van der Waals surface area contributed by atoms with Crippen LogP contribution in [0.1, 0.15) is 6.92 Å². The van der Waals surface area contributed by atoms with Gasteiger partial charge in [0.2, 0.25) is 5.91 Å². The van der Waals surface area contributed by atoms with Crippen molar-refractivity contribution in [3.63, 3.8) is 0 Å².